The molecule has 100 valence electrons. The van der Waals surface area contributed by atoms with Crippen molar-refractivity contribution in [3.63, 3.8) is 0 Å². The lowest BCUT2D eigenvalue weighted by atomic mass is 9.74. The van der Waals surface area contributed by atoms with Crippen LogP contribution in [0.15, 0.2) is 30.3 Å². The van der Waals surface area contributed by atoms with E-state index in [1.54, 1.807) is 0 Å². The van der Waals surface area contributed by atoms with Crippen molar-refractivity contribution < 1.29 is 9.53 Å². The third-order valence-corrected chi connectivity index (χ3v) is 3.92. The van der Waals surface area contributed by atoms with Crippen molar-refractivity contribution in [1.82, 2.24) is 0 Å². The predicted molar refractivity (Wildman–Crippen MR) is 72.6 cm³/mol. The molecule has 0 aromatic heterocycles. The van der Waals surface area contributed by atoms with E-state index in [9.17, 15) is 10.1 Å². The van der Waals surface area contributed by atoms with E-state index in [2.05, 4.69) is 6.07 Å². The Labute approximate surface area is 114 Å². The first-order chi connectivity index (χ1) is 9.19. The number of nitriles is 1. The van der Waals surface area contributed by atoms with Crippen LogP contribution in [0.3, 0.4) is 0 Å². The summed E-state index contributed by atoms with van der Waals surface area (Å²) in [5.74, 6) is -0.0841. The van der Waals surface area contributed by atoms with E-state index in [1.807, 2.05) is 30.3 Å². The van der Waals surface area contributed by atoms with E-state index in [1.165, 1.54) is 6.92 Å². The molecule has 2 atom stereocenters. The van der Waals surface area contributed by atoms with E-state index in [4.69, 9.17) is 4.74 Å². The van der Waals surface area contributed by atoms with Crippen molar-refractivity contribution in [2.45, 2.75) is 44.1 Å². The maximum atomic E-state index is 12.0. The fourth-order valence-corrected chi connectivity index (χ4v) is 2.69. The van der Waals surface area contributed by atoms with Gasteiger partial charge in [0, 0.05) is 6.61 Å². The minimum atomic E-state index is -1.02. The highest BCUT2D eigenvalue weighted by Gasteiger charge is 2.38. The molecule has 0 bridgehead atoms. The molecule has 2 unspecified atom stereocenters. The number of carbonyl (C=O) groups excluding carboxylic acids is 1. The number of hydrogen-bond acceptors (Lipinski definition) is 3. The Hall–Kier alpha value is -1.66. The zero-order valence-corrected chi connectivity index (χ0v) is 11.3. The Morgan fingerprint density at radius 3 is 2.74 bits per heavy atom. The summed E-state index contributed by atoms with van der Waals surface area (Å²) in [7, 11) is 0. The van der Waals surface area contributed by atoms with E-state index in [0.717, 1.165) is 31.4 Å². The molecule has 19 heavy (non-hydrogen) atoms. The summed E-state index contributed by atoms with van der Waals surface area (Å²) in [5.41, 5.74) is -0.226. The fourth-order valence-electron chi connectivity index (χ4n) is 2.69. The first-order valence-corrected chi connectivity index (χ1v) is 6.78. The summed E-state index contributed by atoms with van der Waals surface area (Å²) in [6.45, 7) is 2.31. The maximum absolute atomic E-state index is 12.0. The average molecular weight is 257 g/mol. The van der Waals surface area contributed by atoms with Crippen LogP contribution in [0.1, 0.15) is 38.2 Å². The average Bonchev–Trinajstić information content (AvgIpc) is 2.94. The standard InChI is InChI=1S/C16H19NO2/c1-13(18)16(12-17,14-6-3-2-4-7-14)10-9-15-8-5-11-19-15/h2-4,6-7,15H,5,8-11H2,1H3. The minimum absolute atomic E-state index is 0.0841. The molecule has 0 spiro atoms. The van der Waals surface area contributed by atoms with Gasteiger partial charge in [0.25, 0.3) is 0 Å². The van der Waals surface area contributed by atoms with Crippen molar-refractivity contribution in [3.05, 3.63) is 35.9 Å². The Bertz CT molecular complexity index is 471. The smallest absolute Gasteiger partial charge is 0.154 e. The van der Waals surface area contributed by atoms with Gasteiger partial charge in [-0.15, -0.1) is 0 Å². The van der Waals surface area contributed by atoms with Gasteiger partial charge in [-0.2, -0.15) is 5.26 Å². The number of benzene rings is 1. The summed E-state index contributed by atoms with van der Waals surface area (Å²) >= 11 is 0. The lowest BCUT2D eigenvalue weighted by molar-refractivity contribution is -0.121. The van der Waals surface area contributed by atoms with Gasteiger partial charge in [0.05, 0.1) is 12.2 Å². The van der Waals surface area contributed by atoms with Crippen molar-refractivity contribution in [3.8, 4) is 6.07 Å². The number of hydrogen-bond donors (Lipinski definition) is 0. The summed E-state index contributed by atoms with van der Waals surface area (Å²) in [5, 5.41) is 9.56. The molecule has 2 rings (SSSR count). The molecule has 3 heteroatoms. The van der Waals surface area contributed by atoms with Crippen LogP contribution >= 0.6 is 0 Å². The molecule has 0 saturated carbocycles. The van der Waals surface area contributed by atoms with E-state index in [0.29, 0.717) is 6.42 Å². The number of carbonyl (C=O) groups is 1. The fraction of sp³-hybridized carbons (Fsp3) is 0.500. The van der Waals surface area contributed by atoms with Gasteiger partial charge in [0.2, 0.25) is 0 Å². The first-order valence-electron chi connectivity index (χ1n) is 6.78. The highest BCUT2D eigenvalue weighted by Crippen LogP contribution is 2.32. The third-order valence-electron chi connectivity index (χ3n) is 3.92. The molecule has 1 aromatic rings. The van der Waals surface area contributed by atoms with Crippen molar-refractivity contribution in [2.24, 2.45) is 0 Å². The van der Waals surface area contributed by atoms with Gasteiger partial charge in [-0.3, -0.25) is 4.79 Å². The molecule has 0 radical (unpaired) electrons. The molecule has 1 saturated heterocycles. The van der Waals surface area contributed by atoms with Crippen LogP contribution in [0.2, 0.25) is 0 Å². The van der Waals surface area contributed by atoms with E-state index in [-0.39, 0.29) is 11.9 Å². The lowest BCUT2D eigenvalue weighted by Gasteiger charge is -2.25. The van der Waals surface area contributed by atoms with Crippen LogP contribution in [0.5, 0.6) is 0 Å². The molecule has 0 aliphatic carbocycles. The van der Waals surface area contributed by atoms with Crippen LogP contribution in [0, 0.1) is 11.3 Å². The molecular weight excluding hydrogens is 238 g/mol. The highest BCUT2D eigenvalue weighted by atomic mass is 16.5. The maximum Gasteiger partial charge on any atom is 0.154 e. The third kappa shape index (κ3) is 2.85. The summed E-state index contributed by atoms with van der Waals surface area (Å²) < 4.78 is 5.59. The molecule has 0 amide bonds. The highest BCUT2D eigenvalue weighted by molar-refractivity contribution is 5.91. The van der Waals surface area contributed by atoms with Gasteiger partial charge in [0.1, 0.15) is 5.41 Å². The number of rotatable bonds is 5. The molecule has 1 aromatic carbocycles. The Kier molecular flexibility index (Phi) is 4.34. The van der Waals surface area contributed by atoms with Crippen molar-refractivity contribution in [2.75, 3.05) is 6.61 Å². The van der Waals surface area contributed by atoms with Gasteiger partial charge < -0.3 is 4.74 Å². The normalized spacial score (nSPS) is 21.6. The van der Waals surface area contributed by atoms with Gasteiger partial charge >= 0.3 is 0 Å². The van der Waals surface area contributed by atoms with E-state index < -0.39 is 5.41 Å². The van der Waals surface area contributed by atoms with Crippen molar-refractivity contribution in [1.29, 1.82) is 5.26 Å². The molecule has 1 aliphatic rings. The lowest BCUT2D eigenvalue weighted by Crippen LogP contribution is -2.33. The van der Waals surface area contributed by atoms with Crippen LogP contribution in [-0.2, 0) is 14.9 Å². The van der Waals surface area contributed by atoms with Crippen LogP contribution in [-0.4, -0.2) is 18.5 Å². The Morgan fingerprint density at radius 1 is 1.47 bits per heavy atom. The second kappa shape index (κ2) is 5.99. The summed E-state index contributed by atoms with van der Waals surface area (Å²) in [6.07, 6.45) is 3.62. The quantitative estimate of drug-likeness (QED) is 0.814. The predicted octanol–water partition coefficient (Wildman–Crippen LogP) is 3.00. The van der Waals surface area contributed by atoms with E-state index >= 15 is 0 Å². The van der Waals surface area contributed by atoms with Crippen LogP contribution < -0.4 is 0 Å². The second-order valence-corrected chi connectivity index (χ2v) is 5.11. The number of nitrogens with zero attached hydrogens (tertiary/aromatic N) is 1. The Balaban J connectivity index is 2.20. The van der Waals surface area contributed by atoms with Crippen LogP contribution in [0.25, 0.3) is 0 Å². The zero-order valence-electron chi connectivity index (χ0n) is 11.3. The number of Topliss-reactive ketones (excluding diaryl/α,β-unsaturated/α-hetero) is 1. The SMILES string of the molecule is CC(=O)C(C#N)(CCC1CCCO1)c1ccccc1. The van der Waals surface area contributed by atoms with Crippen molar-refractivity contribution >= 4 is 5.78 Å². The van der Waals surface area contributed by atoms with Gasteiger partial charge in [-0.05, 0) is 38.2 Å². The zero-order chi connectivity index (χ0) is 13.7. The molecule has 1 fully saturated rings. The molecule has 0 N–H and O–H groups in total. The number of ketones is 1. The summed E-state index contributed by atoms with van der Waals surface area (Å²) in [6, 6.07) is 11.6. The monoisotopic (exact) mass is 257 g/mol. The molecule has 1 heterocycles. The summed E-state index contributed by atoms with van der Waals surface area (Å²) in [4.78, 5) is 12.0. The van der Waals surface area contributed by atoms with Gasteiger partial charge in [0.15, 0.2) is 5.78 Å². The second-order valence-electron chi connectivity index (χ2n) is 5.11. The number of ether oxygens (including phenoxy) is 1. The van der Waals surface area contributed by atoms with Gasteiger partial charge in [-0.1, -0.05) is 30.3 Å². The molecular formula is C16H19NO2. The minimum Gasteiger partial charge on any atom is -0.378 e. The van der Waals surface area contributed by atoms with Crippen LogP contribution in [0.4, 0.5) is 0 Å². The topological polar surface area (TPSA) is 50.1 Å². The largest absolute Gasteiger partial charge is 0.378 e. The first kappa shape index (κ1) is 13.8. The Morgan fingerprint density at radius 2 is 2.21 bits per heavy atom. The molecule has 3 nitrogen and oxygen atoms in total. The van der Waals surface area contributed by atoms with Gasteiger partial charge in [-0.25, -0.2) is 0 Å². The molecule has 1 aliphatic heterocycles.